The molecule has 0 aromatic carbocycles. The van der Waals surface area contributed by atoms with Gasteiger partial charge in [-0.1, -0.05) is 0 Å². The molecule has 2 N–H and O–H groups in total. The summed E-state index contributed by atoms with van der Waals surface area (Å²) in [5, 5.41) is 19.9. The highest BCUT2D eigenvalue weighted by Crippen LogP contribution is 2.43. The normalized spacial score (nSPS) is 20.6. The summed E-state index contributed by atoms with van der Waals surface area (Å²) in [6, 6.07) is 7.20. The number of carbonyl (C=O) groups is 1. The van der Waals surface area contributed by atoms with Gasteiger partial charge in [-0.3, -0.25) is 0 Å². The maximum atomic E-state index is 11.8. The van der Waals surface area contributed by atoms with E-state index in [9.17, 15) is 15.0 Å². The maximum Gasteiger partial charge on any atom is 0.375 e. The molecule has 1 unspecified atom stereocenters. The zero-order chi connectivity index (χ0) is 17.0. The fraction of sp³-hybridized carbons (Fsp3) is 0.312. The molecule has 2 aromatic heterocycles. The Hall–Kier alpha value is -1.77. The van der Waals surface area contributed by atoms with E-state index in [4.69, 9.17) is 13.6 Å². The van der Waals surface area contributed by atoms with Gasteiger partial charge in [0, 0.05) is 5.75 Å². The minimum absolute atomic E-state index is 0.306. The second-order valence-electron chi connectivity index (χ2n) is 5.16. The molecule has 3 heterocycles. The van der Waals surface area contributed by atoms with E-state index >= 15 is 0 Å². The molecule has 0 radical (unpaired) electrons. The van der Waals surface area contributed by atoms with Crippen molar-refractivity contribution in [1.29, 1.82) is 0 Å². The van der Waals surface area contributed by atoms with Gasteiger partial charge in [0.05, 0.1) is 35.5 Å². The molecular formula is C16H16O6S2. The Labute approximate surface area is 146 Å². The first kappa shape index (κ1) is 17.1. The van der Waals surface area contributed by atoms with Crippen LogP contribution in [0, 0.1) is 0 Å². The van der Waals surface area contributed by atoms with Crippen molar-refractivity contribution >= 4 is 29.5 Å². The summed E-state index contributed by atoms with van der Waals surface area (Å²) < 4.78 is 15.8. The monoisotopic (exact) mass is 368 g/mol. The first-order valence-electron chi connectivity index (χ1n) is 7.18. The van der Waals surface area contributed by atoms with Gasteiger partial charge in [-0.15, -0.1) is 23.5 Å². The molecule has 0 saturated carbocycles. The molecule has 0 saturated heterocycles. The minimum Gasteiger partial charge on any atom is -0.501 e. The van der Waals surface area contributed by atoms with Crippen LogP contribution in [0.5, 0.6) is 0 Å². The quantitative estimate of drug-likeness (QED) is 0.687. The van der Waals surface area contributed by atoms with Crippen LogP contribution in [0.15, 0.2) is 56.3 Å². The van der Waals surface area contributed by atoms with Gasteiger partial charge in [0.25, 0.3) is 0 Å². The summed E-state index contributed by atoms with van der Waals surface area (Å²) in [6.07, 6.45) is 3.14. The fourth-order valence-electron chi connectivity index (χ4n) is 2.27. The van der Waals surface area contributed by atoms with Crippen molar-refractivity contribution < 1.29 is 28.6 Å². The lowest BCUT2D eigenvalue weighted by Crippen LogP contribution is -2.38. The van der Waals surface area contributed by atoms with Gasteiger partial charge >= 0.3 is 5.97 Å². The SMILES string of the molecule is O=C1OC(CO)(CSCc2ccco2)C(SCc2ccco2)=C1O. The molecule has 0 fully saturated rings. The van der Waals surface area contributed by atoms with Crippen molar-refractivity contribution in [3.8, 4) is 0 Å². The third kappa shape index (κ3) is 3.50. The van der Waals surface area contributed by atoms with Crippen molar-refractivity contribution in [1.82, 2.24) is 0 Å². The predicted octanol–water partition coefficient (Wildman–Crippen LogP) is 3.10. The third-order valence-corrected chi connectivity index (χ3v) is 5.91. The Kier molecular flexibility index (Phi) is 5.27. The van der Waals surface area contributed by atoms with Crippen LogP contribution in [0.3, 0.4) is 0 Å². The lowest BCUT2D eigenvalue weighted by molar-refractivity contribution is -0.149. The number of hydrogen-bond donors (Lipinski definition) is 2. The van der Waals surface area contributed by atoms with Gasteiger partial charge in [-0.05, 0) is 24.3 Å². The number of esters is 1. The number of furan rings is 2. The summed E-state index contributed by atoms with van der Waals surface area (Å²) >= 11 is 2.68. The Bertz CT molecular complexity index is 707. The van der Waals surface area contributed by atoms with Crippen molar-refractivity contribution in [2.45, 2.75) is 17.1 Å². The zero-order valence-electron chi connectivity index (χ0n) is 12.6. The maximum absolute atomic E-state index is 11.8. The number of aliphatic hydroxyl groups excluding tert-OH is 2. The minimum atomic E-state index is -1.24. The van der Waals surface area contributed by atoms with Gasteiger partial charge < -0.3 is 23.8 Å². The van der Waals surface area contributed by atoms with Crippen molar-refractivity contribution in [2.75, 3.05) is 12.4 Å². The summed E-state index contributed by atoms with van der Waals surface area (Å²) in [6.45, 7) is -0.408. The van der Waals surface area contributed by atoms with Crippen LogP contribution in [0.2, 0.25) is 0 Å². The Morgan fingerprint density at radius 1 is 1.08 bits per heavy atom. The zero-order valence-corrected chi connectivity index (χ0v) is 14.3. The van der Waals surface area contributed by atoms with Crippen molar-refractivity contribution in [2.24, 2.45) is 0 Å². The van der Waals surface area contributed by atoms with Crippen LogP contribution in [0.1, 0.15) is 11.5 Å². The molecule has 0 aliphatic carbocycles. The fourth-order valence-corrected chi connectivity index (χ4v) is 4.57. The molecule has 0 bridgehead atoms. The molecule has 8 heteroatoms. The number of aliphatic hydroxyl groups is 2. The van der Waals surface area contributed by atoms with E-state index in [1.807, 2.05) is 6.07 Å². The molecule has 1 aliphatic rings. The summed E-state index contributed by atoms with van der Waals surface area (Å²) in [4.78, 5) is 12.1. The van der Waals surface area contributed by atoms with E-state index in [0.29, 0.717) is 27.9 Å². The molecule has 0 amide bonds. The van der Waals surface area contributed by atoms with Crippen LogP contribution in [0.25, 0.3) is 0 Å². The highest BCUT2D eigenvalue weighted by molar-refractivity contribution is 8.02. The van der Waals surface area contributed by atoms with Gasteiger partial charge in [-0.2, -0.15) is 0 Å². The second-order valence-corrected chi connectivity index (χ2v) is 7.13. The predicted molar refractivity (Wildman–Crippen MR) is 90.4 cm³/mol. The van der Waals surface area contributed by atoms with Crippen LogP contribution in [-0.4, -0.2) is 34.1 Å². The number of cyclic esters (lactones) is 1. The average Bonchev–Trinajstić information content (AvgIpc) is 3.30. The van der Waals surface area contributed by atoms with Gasteiger partial charge in [-0.25, -0.2) is 4.79 Å². The summed E-state index contributed by atoms with van der Waals surface area (Å²) in [5.41, 5.74) is -1.24. The molecule has 128 valence electrons. The van der Waals surface area contributed by atoms with E-state index < -0.39 is 23.9 Å². The Morgan fingerprint density at radius 3 is 2.33 bits per heavy atom. The molecule has 2 aromatic rings. The van der Waals surface area contributed by atoms with E-state index in [2.05, 4.69) is 0 Å². The second kappa shape index (κ2) is 7.42. The molecule has 3 rings (SSSR count). The van der Waals surface area contributed by atoms with Crippen LogP contribution in [0.4, 0.5) is 0 Å². The molecule has 1 atom stereocenters. The van der Waals surface area contributed by atoms with Gasteiger partial charge in [0.1, 0.15) is 11.5 Å². The molecule has 1 aliphatic heterocycles. The first-order chi connectivity index (χ1) is 11.6. The average molecular weight is 368 g/mol. The summed E-state index contributed by atoms with van der Waals surface area (Å²) in [7, 11) is 0. The third-order valence-electron chi connectivity index (χ3n) is 3.46. The number of rotatable bonds is 8. The Balaban J connectivity index is 1.70. The lowest BCUT2D eigenvalue weighted by atomic mass is 10.1. The van der Waals surface area contributed by atoms with Crippen LogP contribution in [-0.2, 0) is 21.0 Å². The van der Waals surface area contributed by atoms with Crippen molar-refractivity contribution in [3.05, 3.63) is 59.0 Å². The van der Waals surface area contributed by atoms with E-state index in [-0.39, 0.29) is 0 Å². The van der Waals surface area contributed by atoms with Gasteiger partial charge in [0.2, 0.25) is 5.76 Å². The molecule has 24 heavy (non-hydrogen) atoms. The lowest BCUT2D eigenvalue weighted by Gasteiger charge is -2.27. The molecular weight excluding hydrogens is 352 g/mol. The van der Waals surface area contributed by atoms with E-state index in [1.54, 1.807) is 30.7 Å². The van der Waals surface area contributed by atoms with E-state index in [0.717, 1.165) is 5.76 Å². The number of thioether (sulfide) groups is 2. The highest BCUT2D eigenvalue weighted by Gasteiger charge is 2.48. The van der Waals surface area contributed by atoms with Gasteiger partial charge in [0.15, 0.2) is 5.60 Å². The topological polar surface area (TPSA) is 93.0 Å². The first-order valence-corrected chi connectivity index (χ1v) is 9.32. The molecule has 0 spiro atoms. The smallest absolute Gasteiger partial charge is 0.375 e. The van der Waals surface area contributed by atoms with Crippen LogP contribution < -0.4 is 0 Å². The number of ether oxygens (including phenoxy) is 1. The Morgan fingerprint density at radius 2 is 1.75 bits per heavy atom. The number of carbonyl (C=O) groups excluding carboxylic acids is 1. The number of hydrogen-bond acceptors (Lipinski definition) is 8. The highest BCUT2D eigenvalue weighted by atomic mass is 32.2. The largest absolute Gasteiger partial charge is 0.501 e. The standard InChI is InChI=1S/C16H16O6S2/c17-9-16(10-23-7-11-3-1-5-20-11)14(13(18)15(19)22-16)24-8-12-4-2-6-21-12/h1-6,17-18H,7-10H2. The van der Waals surface area contributed by atoms with Crippen molar-refractivity contribution in [3.63, 3.8) is 0 Å². The molecule has 6 nitrogen and oxygen atoms in total. The summed E-state index contributed by atoms with van der Waals surface area (Å²) in [5.74, 6) is 1.53. The van der Waals surface area contributed by atoms with E-state index in [1.165, 1.54) is 23.5 Å². The van der Waals surface area contributed by atoms with Crippen LogP contribution >= 0.6 is 23.5 Å².